The van der Waals surface area contributed by atoms with Crippen molar-refractivity contribution in [2.75, 3.05) is 13.6 Å². The van der Waals surface area contributed by atoms with Gasteiger partial charge in [0.2, 0.25) is 0 Å². The molecule has 4 heteroatoms. The normalized spacial score (nSPS) is 20.4. The van der Waals surface area contributed by atoms with Crippen molar-refractivity contribution in [2.24, 2.45) is 0 Å². The van der Waals surface area contributed by atoms with Gasteiger partial charge < -0.3 is 0 Å². The topological polar surface area (TPSA) is 54.0 Å². The highest BCUT2D eigenvalue weighted by Crippen LogP contribution is 1.83. The van der Waals surface area contributed by atoms with Gasteiger partial charge in [0.25, 0.3) is 5.91 Å². The lowest BCUT2D eigenvalue weighted by Gasteiger charge is -1.94. The maximum absolute atomic E-state index is 10.5. The monoisotopic (exact) mass is 115 g/mol. The molecule has 1 rings (SSSR count). The van der Waals surface area contributed by atoms with Crippen molar-refractivity contribution in [3.05, 3.63) is 0 Å². The molecule has 1 saturated heterocycles. The van der Waals surface area contributed by atoms with Crippen LogP contribution < -0.4 is 5.32 Å². The second-order valence-electron chi connectivity index (χ2n) is 1.70. The summed E-state index contributed by atoms with van der Waals surface area (Å²) in [6.07, 6.45) is 0. The first-order chi connectivity index (χ1) is 3.72. The smallest absolute Gasteiger partial charge is 0.268 e. The molecule has 44 valence electrons. The molecule has 0 spiro atoms. The number of primary amides is 1. The number of carbonyl (C=O) groups excluding carboxylic acids is 2. The Morgan fingerprint density at radius 3 is 2.38 bits per heavy atom. The highest BCUT2D eigenvalue weighted by Gasteiger charge is 2.29. The Labute approximate surface area is 46.5 Å². The average molecular weight is 115 g/mol. The number of hydrogen-bond acceptors (Lipinski definition) is 2. The van der Waals surface area contributed by atoms with E-state index in [0.717, 1.165) is 4.90 Å². The van der Waals surface area contributed by atoms with E-state index in [4.69, 9.17) is 0 Å². The van der Waals surface area contributed by atoms with Gasteiger partial charge in [-0.1, -0.05) is 0 Å². The van der Waals surface area contributed by atoms with Crippen LogP contribution in [0.25, 0.3) is 0 Å². The molecule has 0 aliphatic carbocycles. The summed E-state index contributed by atoms with van der Waals surface area (Å²) in [4.78, 5) is 22.0. The van der Waals surface area contributed by atoms with Crippen LogP contribution in [0.2, 0.25) is 0 Å². The van der Waals surface area contributed by atoms with Crippen LogP contribution in [0.15, 0.2) is 0 Å². The number of quaternary nitrogens is 1. The van der Waals surface area contributed by atoms with Gasteiger partial charge in [-0.25, -0.2) is 9.69 Å². The Bertz CT molecular complexity index is 127. The van der Waals surface area contributed by atoms with Gasteiger partial charge in [0.15, 0.2) is 6.54 Å². The highest BCUT2D eigenvalue weighted by molar-refractivity contribution is 5.94. The van der Waals surface area contributed by atoms with E-state index in [-0.39, 0.29) is 18.5 Å². The van der Waals surface area contributed by atoms with Crippen LogP contribution in [0, 0.1) is 0 Å². The van der Waals surface area contributed by atoms with Gasteiger partial charge in [-0.2, -0.15) is 0 Å². The average Bonchev–Trinajstić information content (AvgIpc) is 1.98. The molecule has 3 amide bonds. The molecule has 0 bridgehead atoms. The summed E-state index contributed by atoms with van der Waals surface area (Å²) in [7, 11) is 1.48. The lowest BCUT2D eigenvalue weighted by Crippen LogP contribution is -2.85. The van der Waals surface area contributed by atoms with Crippen LogP contribution >= 0.6 is 0 Å². The van der Waals surface area contributed by atoms with Gasteiger partial charge in [0.05, 0.1) is 0 Å². The van der Waals surface area contributed by atoms with Gasteiger partial charge in [-0.15, -0.1) is 0 Å². The van der Waals surface area contributed by atoms with E-state index in [1.165, 1.54) is 12.4 Å². The predicted octanol–water partition coefficient (Wildman–Crippen LogP) is -1.86. The van der Waals surface area contributed by atoms with Gasteiger partial charge in [0.1, 0.15) is 0 Å². The summed E-state index contributed by atoms with van der Waals surface area (Å²) < 4.78 is 0. The minimum Gasteiger partial charge on any atom is -0.268 e. The molecule has 0 unspecified atom stereocenters. The molecule has 0 aromatic heterocycles. The number of imide groups is 1. The summed E-state index contributed by atoms with van der Waals surface area (Å²) in [5, 5.41) is 1.38. The summed E-state index contributed by atoms with van der Waals surface area (Å²) in [6, 6.07) is -0.185. The number of hydrogen-bond donors (Lipinski definition) is 1. The zero-order valence-electron chi connectivity index (χ0n) is 4.55. The fraction of sp³-hybridized carbons (Fsp3) is 0.500. The summed E-state index contributed by atoms with van der Waals surface area (Å²) >= 11 is 0. The molecule has 8 heavy (non-hydrogen) atoms. The molecule has 1 heterocycles. The maximum Gasteiger partial charge on any atom is 0.422 e. The molecule has 0 aromatic carbocycles. The largest absolute Gasteiger partial charge is 0.422 e. The van der Waals surface area contributed by atoms with Gasteiger partial charge in [0, 0.05) is 7.05 Å². The van der Waals surface area contributed by atoms with Gasteiger partial charge in [-0.3, -0.25) is 10.1 Å². The first-order valence-electron chi connectivity index (χ1n) is 2.35. The first kappa shape index (κ1) is 5.24. The SMILES string of the molecule is CN1C(=O)C[NH2+]C1=O. The summed E-state index contributed by atoms with van der Waals surface area (Å²) in [5.41, 5.74) is 0. The Balaban J connectivity index is 2.70. The van der Waals surface area contributed by atoms with Crippen LogP contribution in [-0.2, 0) is 4.79 Å². The molecule has 1 aliphatic heterocycles. The molecule has 1 aliphatic rings. The van der Waals surface area contributed by atoms with E-state index in [2.05, 4.69) is 0 Å². The fourth-order valence-electron chi connectivity index (χ4n) is 0.571. The Morgan fingerprint density at radius 1 is 1.62 bits per heavy atom. The summed E-state index contributed by atoms with van der Waals surface area (Å²) in [6.45, 7) is 0.273. The standard InChI is InChI=1S/C4H6N2O2/c1-6-3(7)2-5-4(6)8/h2H2,1H3,(H,5,8)/p+1. The van der Waals surface area contributed by atoms with Crippen molar-refractivity contribution in [3.8, 4) is 0 Å². The molecule has 0 saturated carbocycles. The van der Waals surface area contributed by atoms with Crippen molar-refractivity contribution in [2.45, 2.75) is 0 Å². The molecular formula is C4H7N2O2+. The third kappa shape index (κ3) is 0.586. The quantitative estimate of drug-likeness (QED) is 0.376. The number of nitrogens with zero attached hydrogens (tertiary/aromatic N) is 1. The van der Waals surface area contributed by atoms with E-state index < -0.39 is 0 Å². The maximum atomic E-state index is 10.5. The first-order valence-corrected chi connectivity index (χ1v) is 2.35. The van der Waals surface area contributed by atoms with Crippen molar-refractivity contribution in [1.82, 2.24) is 4.90 Å². The highest BCUT2D eigenvalue weighted by atomic mass is 16.2. The fourth-order valence-corrected chi connectivity index (χ4v) is 0.571. The van der Waals surface area contributed by atoms with Crippen molar-refractivity contribution in [3.63, 3.8) is 0 Å². The second-order valence-corrected chi connectivity index (χ2v) is 1.70. The van der Waals surface area contributed by atoms with Crippen molar-refractivity contribution >= 4 is 11.9 Å². The van der Waals surface area contributed by atoms with Crippen LogP contribution in [0.4, 0.5) is 4.79 Å². The predicted molar refractivity (Wildman–Crippen MR) is 25.0 cm³/mol. The van der Waals surface area contributed by atoms with E-state index >= 15 is 0 Å². The van der Waals surface area contributed by atoms with E-state index in [0.29, 0.717) is 0 Å². The minimum absolute atomic E-state index is 0.116. The summed E-state index contributed by atoms with van der Waals surface area (Å²) in [5.74, 6) is -0.116. The number of nitrogens with two attached hydrogens (primary N) is 1. The molecule has 0 radical (unpaired) electrons. The lowest BCUT2D eigenvalue weighted by atomic mass is 10.6. The molecule has 4 nitrogen and oxygen atoms in total. The molecule has 2 N–H and O–H groups in total. The number of rotatable bonds is 0. The second kappa shape index (κ2) is 1.56. The Morgan fingerprint density at radius 2 is 2.25 bits per heavy atom. The number of amides is 3. The molecule has 0 aromatic rings. The molecule has 0 atom stereocenters. The Hall–Kier alpha value is -0.900. The van der Waals surface area contributed by atoms with E-state index in [1.807, 2.05) is 0 Å². The molecule has 1 fully saturated rings. The zero-order chi connectivity index (χ0) is 6.15. The number of urea groups is 1. The number of likely N-dealkylation sites (N-methyl/N-ethyl adjacent to an activating group) is 1. The third-order valence-electron chi connectivity index (χ3n) is 1.16. The van der Waals surface area contributed by atoms with Crippen LogP contribution in [0.5, 0.6) is 0 Å². The van der Waals surface area contributed by atoms with E-state index in [1.54, 1.807) is 0 Å². The van der Waals surface area contributed by atoms with Crippen molar-refractivity contribution < 1.29 is 14.9 Å². The van der Waals surface area contributed by atoms with Crippen LogP contribution in [0.1, 0.15) is 0 Å². The Kier molecular flexibility index (Phi) is 1.02. The minimum atomic E-state index is -0.185. The van der Waals surface area contributed by atoms with Crippen molar-refractivity contribution in [1.29, 1.82) is 0 Å². The van der Waals surface area contributed by atoms with Crippen LogP contribution in [-0.4, -0.2) is 30.4 Å². The van der Waals surface area contributed by atoms with Gasteiger partial charge >= 0.3 is 6.03 Å². The van der Waals surface area contributed by atoms with Crippen LogP contribution in [0.3, 0.4) is 0 Å². The lowest BCUT2D eigenvalue weighted by molar-refractivity contribution is -0.535. The van der Waals surface area contributed by atoms with E-state index in [9.17, 15) is 9.59 Å². The zero-order valence-corrected chi connectivity index (χ0v) is 4.55. The van der Waals surface area contributed by atoms with Gasteiger partial charge in [-0.05, 0) is 0 Å². The number of carbonyl (C=O) groups is 2. The molecular weight excluding hydrogens is 108 g/mol. The third-order valence-corrected chi connectivity index (χ3v) is 1.16.